The normalized spacial score (nSPS) is 30.8. The molecule has 16 nitrogen and oxygen atoms in total. The molecular formula is C39H51FN6O10S. The minimum Gasteiger partial charge on any atom is -0.494 e. The summed E-state index contributed by atoms with van der Waals surface area (Å²) in [4.78, 5) is 62.8. The van der Waals surface area contributed by atoms with E-state index in [1.54, 1.807) is 26.1 Å². The first kappa shape index (κ1) is 40.5. The number of fused-ring (bicyclic) bond motifs is 3. The standard InChI is InChI=1S/C39H51FN6O10S/c1-22-7-5-6-8-24-19-39(24,36(49)44-57(52,53)38(3)9-10-38)43-33(47)29-16-25(21-46(29)35(48)32(23(2)15-22)42-37(50)51)56-34-27-17-28(40)31(54-4)18-26(27)30(20-41-34)45-11-13-55-14-12-45/h6,8,17-18,20,22-25,29,32,42H,5,7,9-16,19,21H2,1-4H3,(H,43,47)(H,44,49)(H,50,51)/b8-6-/t22-,23-,24-,25-,29+,32+,39?/m1/s1. The molecule has 4 fully saturated rings. The molecule has 0 radical (unpaired) electrons. The van der Waals surface area contributed by atoms with Gasteiger partial charge in [-0.25, -0.2) is 22.6 Å². The summed E-state index contributed by atoms with van der Waals surface area (Å²) >= 11 is 0. The Bertz CT molecular complexity index is 2070. The summed E-state index contributed by atoms with van der Waals surface area (Å²) in [5.41, 5.74) is -0.881. The highest BCUT2D eigenvalue weighted by molar-refractivity contribution is 7.91. The number of nitrogens with zero attached hydrogens (tertiary/aromatic N) is 3. The number of amides is 4. The molecule has 1 aromatic carbocycles. The molecule has 7 atom stereocenters. The molecule has 1 aromatic heterocycles. The number of nitrogens with one attached hydrogen (secondary N) is 3. The maximum absolute atomic E-state index is 15.3. The number of carbonyl (C=O) groups excluding carboxylic acids is 3. The van der Waals surface area contributed by atoms with E-state index in [1.807, 2.05) is 19.1 Å². The lowest BCUT2D eigenvalue weighted by molar-refractivity contribution is -0.142. The first-order valence-corrected chi connectivity index (χ1v) is 21.0. The van der Waals surface area contributed by atoms with Gasteiger partial charge in [-0.3, -0.25) is 19.1 Å². The van der Waals surface area contributed by atoms with Gasteiger partial charge in [-0.15, -0.1) is 0 Å². The molecule has 2 saturated carbocycles. The number of carboxylic acid groups (broad SMARTS) is 1. The van der Waals surface area contributed by atoms with E-state index in [0.717, 1.165) is 0 Å². The summed E-state index contributed by atoms with van der Waals surface area (Å²) in [6.07, 6.45) is 5.75. The lowest BCUT2D eigenvalue weighted by atomic mass is 9.88. The minimum atomic E-state index is -4.04. The van der Waals surface area contributed by atoms with Crippen molar-refractivity contribution in [3.8, 4) is 11.6 Å². The van der Waals surface area contributed by atoms with Crippen molar-refractivity contribution in [3.63, 3.8) is 0 Å². The van der Waals surface area contributed by atoms with Crippen LogP contribution in [0.5, 0.6) is 11.6 Å². The van der Waals surface area contributed by atoms with E-state index < -0.39 is 80.0 Å². The van der Waals surface area contributed by atoms with Gasteiger partial charge in [0.25, 0.3) is 5.91 Å². The third kappa shape index (κ3) is 8.07. The van der Waals surface area contributed by atoms with Gasteiger partial charge in [-0.1, -0.05) is 26.0 Å². The molecule has 5 aliphatic rings. The van der Waals surface area contributed by atoms with Crippen molar-refractivity contribution in [2.24, 2.45) is 17.8 Å². The fourth-order valence-corrected chi connectivity index (χ4v) is 9.71. The van der Waals surface area contributed by atoms with Crippen molar-refractivity contribution in [2.75, 3.05) is 44.9 Å². The van der Waals surface area contributed by atoms with Crippen LogP contribution >= 0.6 is 0 Å². The van der Waals surface area contributed by atoms with Gasteiger partial charge < -0.3 is 39.8 Å². The number of hydrogen-bond acceptors (Lipinski definition) is 11. The summed E-state index contributed by atoms with van der Waals surface area (Å²) in [5, 5.41) is 16.0. The second-order valence-electron chi connectivity index (χ2n) is 16.5. The molecule has 2 saturated heterocycles. The van der Waals surface area contributed by atoms with E-state index in [-0.39, 0.29) is 36.9 Å². The number of methoxy groups -OCH3 is 1. The van der Waals surface area contributed by atoms with Gasteiger partial charge >= 0.3 is 6.09 Å². The van der Waals surface area contributed by atoms with Crippen LogP contribution in [0.3, 0.4) is 0 Å². The molecule has 0 bridgehead atoms. The Morgan fingerprint density at radius 3 is 2.54 bits per heavy atom. The molecular weight excluding hydrogens is 764 g/mol. The van der Waals surface area contributed by atoms with Crippen LogP contribution in [-0.2, 0) is 29.1 Å². The number of halogens is 1. The molecule has 4 heterocycles. The number of pyridine rings is 1. The summed E-state index contributed by atoms with van der Waals surface area (Å²) in [5.74, 6) is -3.69. The van der Waals surface area contributed by atoms with Gasteiger partial charge in [0.1, 0.15) is 23.7 Å². The number of allylic oxidation sites excluding steroid dienone is 1. The highest BCUT2D eigenvalue weighted by atomic mass is 32.2. The number of sulfonamides is 1. The van der Waals surface area contributed by atoms with Crippen LogP contribution in [0, 0.1) is 23.6 Å². The Hall–Kier alpha value is -4.71. The lowest BCUT2D eigenvalue weighted by Crippen LogP contribution is -2.59. The number of carbonyl (C=O) groups is 4. The Morgan fingerprint density at radius 2 is 1.86 bits per heavy atom. The maximum Gasteiger partial charge on any atom is 0.405 e. The molecule has 310 valence electrons. The van der Waals surface area contributed by atoms with Crippen LogP contribution in [0.1, 0.15) is 65.7 Å². The Labute approximate surface area is 330 Å². The number of anilines is 1. The SMILES string of the molecule is COc1cc2c(N3CCOCC3)cnc(O[C@@H]3C[C@H]4C(=O)NC5(C(=O)NS(=O)(=O)C6(C)CC6)C[C@H]5/C=C\CC[C@@H](C)C[C@@H](C)[C@H](NC(=O)O)C(=O)N4C3)c2cc1F. The van der Waals surface area contributed by atoms with Crippen molar-refractivity contribution < 1.29 is 51.3 Å². The van der Waals surface area contributed by atoms with Crippen LogP contribution in [0.25, 0.3) is 10.8 Å². The van der Waals surface area contributed by atoms with Crippen LogP contribution in [0.15, 0.2) is 30.5 Å². The van der Waals surface area contributed by atoms with E-state index in [0.29, 0.717) is 74.9 Å². The Kier molecular flexibility index (Phi) is 11.1. The van der Waals surface area contributed by atoms with Crippen molar-refractivity contribution >= 4 is 50.3 Å². The summed E-state index contributed by atoms with van der Waals surface area (Å²) in [6.45, 7) is 7.34. The van der Waals surface area contributed by atoms with Crippen LogP contribution in [0.4, 0.5) is 14.9 Å². The zero-order valence-electron chi connectivity index (χ0n) is 32.6. The first-order chi connectivity index (χ1) is 27.1. The summed E-state index contributed by atoms with van der Waals surface area (Å²) in [6, 6.07) is 0.363. The molecule has 4 amide bonds. The second kappa shape index (κ2) is 15.6. The van der Waals surface area contributed by atoms with Gasteiger partial charge in [0.05, 0.1) is 43.5 Å². The predicted molar refractivity (Wildman–Crippen MR) is 206 cm³/mol. The molecule has 0 spiro atoms. The molecule has 4 N–H and O–H groups in total. The molecule has 57 heavy (non-hydrogen) atoms. The highest BCUT2D eigenvalue weighted by Crippen LogP contribution is 2.48. The quantitative estimate of drug-likeness (QED) is 0.284. The topological polar surface area (TPSA) is 206 Å². The Morgan fingerprint density at radius 1 is 1.12 bits per heavy atom. The third-order valence-corrected chi connectivity index (χ3v) is 14.4. The highest BCUT2D eigenvalue weighted by Gasteiger charge is 2.63. The monoisotopic (exact) mass is 814 g/mol. The zero-order valence-corrected chi connectivity index (χ0v) is 33.4. The molecule has 18 heteroatoms. The Balaban J connectivity index is 1.23. The fraction of sp³-hybridized carbons (Fsp3) is 0.615. The van der Waals surface area contributed by atoms with Crippen molar-refractivity contribution in [2.45, 2.75) is 94.2 Å². The van der Waals surface area contributed by atoms with Gasteiger partial charge in [0.2, 0.25) is 27.7 Å². The minimum absolute atomic E-state index is 0.0221. The second-order valence-corrected chi connectivity index (χ2v) is 18.7. The number of morpholine rings is 1. The van der Waals surface area contributed by atoms with E-state index in [9.17, 15) is 32.7 Å². The molecule has 1 unspecified atom stereocenters. The van der Waals surface area contributed by atoms with Crippen LogP contribution < -0.4 is 29.7 Å². The van der Waals surface area contributed by atoms with Gasteiger partial charge in [0, 0.05) is 36.2 Å². The van der Waals surface area contributed by atoms with Crippen molar-refractivity contribution in [1.82, 2.24) is 25.2 Å². The first-order valence-electron chi connectivity index (χ1n) is 19.6. The largest absolute Gasteiger partial charge is 0.494 e. The lowest BCUT2D eigenvalue weighted by Gasteiger charge is -2.32. The fourth-order valence-electron chi connectivity index (χ4n) is 8.40. The van der Waals surface area contributed by atoms with E-state index in [4.69, 9.17) is 14.2 Å². The van der Waals surface area contributed by atoms with Gasteiger partial charge in [0.15, 0.2) is 11.6 Å². The molecule has 7 rings (SSSR count). The summed E-state index contributed by atoms with van der Waals surface area (Å²) < 4.78 is 60.0. The molecule has 2 aromatic rings. The smallest absolute Gasteiger partial charge is 0.405 e. The van der Waals surface area contributed by atoms with Crippen molar-refractivity contribution in [1.29, 1.82) is 0 Å². The van der Waals surface area contributed by atoms with Crippen LogP contribution in [0.2, 0.25) is 0 Å². The third-order valence-electron chi connectivity index (χ3n) is 12.3. The van der Waals surface area contributed by atoms with E-state index in [2.05, 4.69) is 25.2 Å². The van der Waals surface area contributed by atoms with E-state index in [1.165, 1.54) is 18.1 Å². The number of benzene rings is 1. The number of ether oxygens (including phenoxy) is 3. The zero-order chi connectivity index (χ0) is 40.9. The van der Waals surface area contributed by atoms with Crippen molar-refractivity contribution in [3.05, 3.63) is 36.3 Å². The van der Waals surface area contributed by atoms with E-state index >= 15 is 4.39 Å². The predicted octanol–water partition coefficient (Wildman–Crippen LogP) is 3.09. The average molecular weight is 815 g/mol. The summed E-state index contributed by atoms with van der Waals surface area (Å²) in [7, 11) is -2.67. The molecule has 3 aliphatic heterocycles. The van der Waals surface area contributed by atoms with Crippen LogP contribution in [-0.4, -0.2) is 116 Å². The molecule has 2 aliphatic carbocycles. The number of aromatic nitrogens is 1. The van der Waals surface area contributed by atoms with Gasteiger partial charge in [-0.05, 0) is 69.4 Å². The number of rotatable bonds is 8. The van der Waals surface area contributed by atoms with Gasteiger partial charge in [-0.2, -0.15) is 0 Å². The average Bonchev–Trinajstić information content (AvgIpc) is 4.05. The maximum atomic E-state index is 15.3. The number of hydrogen-bond donors (Lipinski definition) is 4.